The molecule has 0 bridgehead atoms. The predicted octanol–water partition coefficient (Wildman–Crippen LogP) is 3.82. The first kappa shape index (κ1) is 13.9. The van der Waals surface area contributed by atoms with Crippen molar-refractivity contribution in [3.63, 3.8) is 0 Å². The van der Waals surface area contributed by atoms with Crippen LogP contribution in [0.15, 0.2) is 47.1 Å². The molecule has 0 saturated heterocycles. The summed E-state index contributed by atoms with van der Waals surface area (Å²) < 4.78 is 0.399. The molecule has 0 amide bonds. The Morgan fingerprint density at radius 1 is 1.40 bits per heavy atom. The number of nitro groups is 1. The fraction of sp³-hybridized carbons (Fsp3) is 0. The molecule has 2 aromatic rings. The number of pyridine rings is 1. The monoisotopic (exact) mass is 329 g/mol. The van der Waals surface area contributed by atoms with Crippen LogP contribution in [0.2, 0.25) is 0 Å². The van der Waals surface area contributed by atoms with Gasteiger partial charge in [0.15, 0.2) is 0 Å². The molecule has 0 unspecified atom stereocenters. The first-order chi connectivity index (χ1) is 9.61. The highest BCUT2D eigenvalue weighted by molar-refractivity contribution is 9.10. The fourth-order valence-corrected chi connectivity index (χ4v) is 2.00. The smallest absolute Gasteiger partial charge is 0.258 e. The Labute approximate surface area is 123 Å². The lowest BCUT2D eigenvalue weighted by Crippen LogP contribution is -1.90. The largest absolute Gasteiger partial charge is 0.284 e. The number of nitro benzene ring substituents is 1. The van der Waals surface area contributed by atoms with Gasteiger partial charge in [0.05, 0.1) is 20.7 Å². The normalized spacial score (nSPS) is 10.9. The molecule has 0 aliphatic carbocycles. The Hall–Kier alpha value is -2.52. The van der Waals surface area contributed by atoms with E-state index in [9.17, 15) is 15.4 Å². The summed E-state index contributed by atoms with van der Waals surface area (Å²) >= 11 is 3.12. The second-order valence-electron chi connectivity index (χ2n) is 3.85. The van der Waals surface area contributed by atoms with E-state index >= 15 is 0 Å². The number of nitrogens with zero attached hydrogens (tertiary/aromatic N) is 3. The number of hydrogen-bond donors (Lipinski definition) is 0. The highest BCUT2D eigenvalue weighted by atomic mass is 79.9. The van der Waals surface area contributed by atoms with E-state index in [1.54, 1.807) is 42.6 Å². The topological polar surface area (TPSA) is 79.8 Å². The van der Waals surface area contributed by atoms with E-state index in [1.807, 2.05) is 6.07 Å². The molecule has 6 heteroatoms. The lowest BCUT2D eigenvalue weighted by atomic mass is 10.1. The van der Waals surface area contributed by atoms with Gasteiger partial charge in [0.1, 0.15) is 6.07 Å². The average molecular weight is 330 g/mol. The van der Waals surface area contributed by atoms with Gasteiger partial charge in [-0.25, -0.2) is 0 Å². The molecule has 2 rings (SSSR count). The molecule has 1 aromatic carbocycles. The first-order valence-electron chi connectivity index (χ1n) is 5.59. The Morgan fingerprint density at radius 3 is 2.80 bits per heavy atom. The summed E-state index contributed by atoms with van der Waals surface area (Å²) in [4.78, 5) is 14.5. The molecule has 0 saturated carbocycles. The van der Waals surface area contributed by atoms with Crippen LogP contribution >= 0.6 is 15.9 Å². The van der Waals surface area contributed by atoms with Crippen molar-refractivity contribution < 1.29 is 4.92 Å². The summed E-state index contributed by atoms with van der Waals surface area (Å²) in [6, 6.07) is 12.0. The van der Waals surface area contributed by atoms with Gasteiger partial charge >= 0.3 is 0 Å². The number of benzene rings is 1. The zero-order valence-corrected chi connectivity index (χ0v) is 11.7. The maximum atomic E-state index is 10.9. The molecule has 5 nitrogen and oxygen atoms in total. The third-order valence-electron chi connectivity index (χ3n) is 2.54. The van der Waals surface area contributed by atoms with Crippen LogP contribution in [0.3, 0.4) is 0 Å². The zero-order valence-electron chi connectivity index (χ0n) is 10.2. The van der Waals surface area contributed by atoms with Crippen molar-refractivity contribution in [3.8, 4) is 6.07 Å². The minimum atomic E-state index is -0.478. The minimum absolute atomic E-state index is 0.0444. The van der Waals surface area contributed by atoms with E-state index in [2.05, 4.69) is 20.9 Å². The standard InChI is InChI=1S/C14H8BrN3O2/c15-12-5-4-10(8-14(12)18(19)20)7-11(9-16)13-3-1-2-6-17-13/h1-8H/b11-7+. The van der Waals surface area contributed by atoms with Gasteiger partial charge in [-0.3, -0.25) is 15.1 Å². The molecule has 0 aliphatic rings. The van der Waals surface area contributed by atoms with Crippen molar-refractivity contribution in [1.29, 1.82) is 5.26 Å². The Kier molecular flexibility index (Phi) is 4.23. The van der Waals surface area contributed by atoms with E-state index in [4.69, 9.17) is 0 Å². The van der Waals surface area contributed by atoms with Gasteiger partial charge < -0.3 is 0 Å². The van der Waals surface area contributed by atoms with E-state index in [-0.39, 0.29) is 5.69 Å². The summed E-state index contributed by atoms with van der Waals surface area (Å²) in [5.41, 5.74) is 1.40. The molecule has 98 valence electrons. The number of rotatable bonds is 3. The molecule has 0 spiro atoms. The van der Waals surface area contributed by atoms with Crippen LogP contribution < -0.4 is 0 Å². The van der Waals surface area contributed by atoms with Crippen molar-refractivity contribution in [1.82, 2.24) is 4.98 Å². The fourth-order valence-electron chi connectivity index (χ4n) is 1.61. The van der Waals surface area contributed by atoms with E-state index in [0.717, 1.165) is 0 Å². The molecule has 0 N–H and O–H groups in total. The molecular weight excluding hydrogens is 322 g/mol. The van der Waals surface area contributed by atoms with Crippen LogP contribution in [0.4, 0.5) is 5.69 Å². The SMILES string of the molecule is N#C/C(=C\c1ccc(Br)c([N+](=O)[O-])c1)c1ccccn1. The van der Waals surface area contributed by atoms with E-state index in [0.29, 0.717) is 21.3 Å². The third-order valence-corrected chi connectivity index (χ3v) is 3.21. The van der Waals surface area contributed by atoms with Crippen LogP contribution in [0.5, 0.6) is 0 Å². The number of allylic oxidation sites excluding steroid dienone is 1. The number of aromatic nitrogens is 1. The van der Waals surface area contributed by atoms with Gasteiger partial charge in [-0.15, -0.1) is 0 Å². The molecule has 1 aromatic heterocycles. The quantitative estimate of drug-likeness (QED) is 0.487. The summed E-state index contributed by atoms with van der Waals surface area (Å²) in [5, 5.41) is 20.0. The lowest BCUT2D eigenvalue weighted by molar-refractivity contribution is -0.385. The van der Waals surface area contributed by atoms with Crippen LogP contribution in [0.25, 0.3) is 11.6 Å². The molecule has 20 heavy (non-hydrogen) atoms. The van der Waals surface area contributed by atoms with Crippen molar-refractivity contribution >= 4 is 33.3 Å². The number of hydrogen-bond acceptors (Lipinski definition) is 4. The molecule has 0 radical (unpaired) electrons. The van der Waals surface area contributed by atoms with Crippen molar-refractivity contribution in [2.24, 2.45) is 0 Å². The molecule has 0 atom stereocenters. The molecule has 1 heterocycles. The maximum absolute atomic E-state index is 10.9. The van der Waals surface area contributed by atoms with Crippen molar-refractivity contribution in [2.75, 3.05) is 0 Å². The third kappa shape index (κ3) is 3.08. The second-order valence-corrected chi connectivity index (χ2v) is 4.71. The highest BCUT2D eigenvalue weighted by Gasteiger charge is 2.12. The van der Waals surface area contributed by atoms with E-state index in [1.165, 1.54) is 6.07 Å². The highest BCUT2D eigenvalue weighted by Crippen LogP contribution is 2.27. The van der Waals surface area contributed by atoms with Gasteiger partial charge in [-0.05, 0) is 45.8 Å². The Morgan fingerprint density at radius 2 is 2.20 bits per heavy atom. The minimum Gasteiger partial charge on any atom is -0.258 e. The first-order valence-corrected chi connectivity index (χ1v) is 6.38. The van der Waals surface area contributed by atoms with Gasteiger partial charge in [-0.2, -0.15) is 5.26 Å². The van der Waals surface area contributed by atoms with Crippen LogP contribution in [0, 0.1) is 21.4 Å². The second kappa shape index (κ2) is 6.08. The Bertz CT molecular complexity index is 721. The van der Waals surface area contributed by atoms with Gasteiger partial charge in [0.25, 0.3) is 5.69 Å². The summed E-state index contributed by atoms with van der Waals surface area (Å²) in [7, 11) is 0. The van der Waals surface area contributed by atoms with Crippen molar-refractivity contribution in [2.45, 2.75) is 0 Å². The van der Waals surface area contributed by atoms with Crippen LogP contribution in [-0.2, 0) is 0 Å². The summed E-state index contributed by atoms with van der Waals surface area (Å²) in [5.74, 6) is 0. The Balaban J connectivity index is 2.47. The molecule has 0 fully saturated rings. The molecule has 0 aliphatic heterocycles. The van der Waals surface area contributed by atoms with Gasteiger partial charge in [0, 0.05) is 12.3 Å². The zero-order chi connectivity index (χ0) is 14.5. The van der Waals surface area contributed by atoms with Gasteiger partial charge in [-0.1, -0.05) is 12.1 Å². The van der Waals surface area contributed by atoms with Gasteiger partial charge in [0.2, 0.25) is 0 Å². The summed E-state index contributed by atoms with van der Waals surface area (Å²) in [6.45, 7) is 0. The van der Waals surface area contributed by atoms with E-state index < -0.39 is 4.92 Å². The summed E-state index contributed by atoms with van der Waals surface area (Å²) in [6.07, 6.45) is 3.16. The van der Waals surface area contributed by atoms with Crippen molar-refractivity contribution in [3.05, 3.63) is 68.4 Å². The number of nitriles is 1. The predicted molar refractivity (Wildman–Crippen MR) is 78.5 cm³/mol. The van der Waals surface area contributed by atoms with Crippen LogP contribution in [-0.4, -0.2) is 9.91 Å². The average Bonchev–Trinajstić information content (AvgIpc) is 2.47. The molecular formula is C14H8BrN3O2. The lowest BCUT2D eigenvalue weighted by Gasteiger charge is -2.00. The maximum Gasteiger partial charge on any atom is 0.284 e. The van der Waals surface area contributed by atoms with Crippen LogP contribution in [0.1, 0.15) is 11.3 Å². The number of halogens is 1.